The molecule has 3 heterocycles. The van der Waals surface area contributed by atoms with Crippen molar-refractivity contribution in [3.8, 4) is 5.75 Å². The van der Waals surface area contributed by atoms with Crippen LogP contribution in [0.2, 0.25) is 0 Å². The van der Waals surface area contributed by atoms with Crippen LogP contribution < -0.4 is 26.4 Å². The number of halogens is 2. The van der Waals surface area contributed by atoms with E-state index < -0.39 is 0 Å². The Bertz CT molecular complexity index is 987. The minimum Gasteiger partial charge on any atom is -1.00 e. The normalized spacial score (nSPS) is 14.5. The van der Waals surface area contributed by atoms with Gasteiger partial charge in [-0.3, -0.25) is 0 Å². The van der Waals surface area contributed by atoms with Gasteiger partial charge in [-0.25, -0.2) is 4.57 Å². The summed E-state index contributed by atoms with van der Waals surface area (Å²) in [5.74, 6) is 0.494. The van der Waals surface area contributed by atoms with Gasteiger partial charge in [-0.15, -0.1) is 0 Å². The van der Waals surface area contributed by atoms with Gasteiger partial charge >= 0.3 is 0 Å². The lowest BCUT2D eigenvalue weighted by atomic mass is 9.89. The highest BCUT2D eigenvalue weighted by Gasteiger charge is 2.27. The first kappa shape index (κ1) is 31.2. The monoisotopic (exact) mass is 646 g/mol. The number of rotatable bonds is 16. The van der Waals surface area contributed by atoms with Gasteiger partial charge in [0.2, 0.25) is 0 Å². The average Bonchev–Trinajstić information content (AvgIpc) is 2.93. The molecule has 2 aliphatic rings. The Kier molecular flexibility index (Phi) is 14.3. The fraction of sp³-hybridized carbons (Fsp3) is 0.606. The Morgan fingerprint density at radius 3 is 2.00 bits per heavy atom. The summed E-state index contributed by atoms with van der Waals surface area (Å²) in [6.07, 6.45) is 29.7. The molecule has 0 fully saturated rings. The Labute approximate surface area is 250 Å². The van der Waals surface area contributed by atoms with Crippen molar-refractivity contribution in [3.63, 3.8) is 0 Å². The van der Waals surface area contributed by atoms with Crippen LogP contribution in [0.4, 0.5) is 5.69 Å². The summed E-state index contributed by atoms with van der Waals surface area (Å²) in [5, 5.41) is 12.1. The van der Waals surface area contributed by atoms with Gasteiger partial charge in [0.1, 0.15) is 12.3 Å². The predicted molar refractivity (Wildman–Crippen MR) is 162 cm³/mol. The van der Waals surface area contributed by atoms with Gasteiger partial charge in [0.05, 0.1) is 0 Å². The molecule has 3 nitrogen and oxygen atoms in total. The lowest BCUT2D eigenvalue weighted by Crippen LogP contribution is -3.00. The molecule has 38 heavy (non-hydrogen) atoms. The summed E-state index contributed by atoms with van der Waals surface area (Å²) >= 11 is 3.51. The zero-order chi connectivity index (χ0) is 25.7. The Morgan fingerprint density at radius 1 is 0.789 bits per heavy atom. The number of alkyl halides is 1. The van der Waals surface area contributed by atoms with Gasteiger partial charge in [0, 0.05) is 53.8 Å². The van der Waals surface area contributed by atoms with E-state index in [2.05, 4.69) is 68.1 Å². The molecule has 210 valence electrons. The summed E-state index contributed by atoms with van der Waals surface area (Å²) < 4.78 is 2.31. The van der Waals surface area contributed by atoms with Crippen molar-refractivity contribution in [2.75, 3.05) is 23.3 Å². The maximum Gasteiger partial charge on any atom is 0.169 e. The van der Waals surface area contributed by atoms with E-state index in [1.165, 1.54) is 106 Å². The SMILES string of the molecule is Oc1c(/C=C/c2cc[n+](CCCCCCCCCCCCCCBr)cc2)cc2c3c1CCCN3CCC2.[Br-]. The van der Waals surface area contributed by atoms with Gasteiger partial charge in [-0.05, 0) is 55.7 Å². The van der Waals surface area contributed by atoms with Crippen LogP contribution in [0.5, 0.6) is 5.75 Å². The van der Waals surface area contributed by atoms with E-state index in [1.807, 2.05) is 0 Å². The van der Waals surface area contributed by atoms with E-state index in [9.17, 15) is 5.11 Å². The fourth-order valence-electron chi connectivity index (χ4n) is 6.07. The highest BCUT2D eigenvalue weighted by Crippen LogP contribution is 2.42. The van der Waals surface area contributed by atoms with Crippen LogP contribution in [0, 0.1) is 0 Å². The number of pyridine rings is 1. The molecule has 0 aliphatic carbocycles. The number of phenols is 1. The van der Waals surface area contributed by atoms with Crippen molar-refractivity contribution in [3.05, 3.63) is 52.8 Å². The predicted octanol–water partition coefficient (Wildman–Crippen LogP) is 5.63. The van der Waals surface area contributed by atoms with Crippen molar-refractivity contribution in [2.24, 2.45) is 0 Å². The molecular weight excluding hydrogens is 600 g/mol. The molecule has 0 amide bonds. The summed E-state index contributed by atoms with van der Waals surface area (Å²) in [5.41, 5.74) is 6.08. The maximum atomic E-state index is 11.0. The lowest BCUT2D eigenvalue weighted by Gasteiger charge is -2.37. The second-order valence-corrected chi connectivity index (χ2v) is 11.9. The number of unbranched alkanes of at least 4 members (excludes halogenated alkanes) is 11. The van der Waals surface area contributed by atoms with Crippen molar-refractivity contribution < 1.29 is 26.7 Å². The maximum absolute atomic E-state index is 11.0. The van der Waals surface area contributed by atoms with E-state index in [0.717, 1.165) is 49.8 Å². The minimum atomic E-state index is 0. The van der Waals surface area contributed by atoms with Gasteiger partial charge < -0.3 is 27.0 Å². The topological polar surface area (TPSA) is 27.4 Å². The van der Waals surface area contributed by atoms with E-state index in [1.54, 1.807) is 0 Å². The van der Waals surface area contributed by atoms with Crippen molar-refractivity contribution >= 4 is 33.8 Å². The van der Waals surface area contributed by atoms with E-state index in [0.29, 0.717) is 5.75 Å². The molecule has 2 aliphatic heterocycles. The number of benzene rings is 1. The van der Waals surface area contributed by atoms with Crippen molar-refractivity contribution in [1.29, 1.82) is 0 Å². The summed E-state index contributed by atoms with van der Waals surface area (Å²) in [7, 11) is 0. The van der Waals surface area contributed by atoms with E-state index in [4.69, 9.17) is 0 Å². The van der Waals surface area contributed by atoms with Crippen LogP contribution in [0.3, 0.4) is 0 Å². The number of aromatic nitrogens is 1. The van der Waals surface area contributed by atoms with Crippen LogP contribution in [-0.2, 0) is 19.4 Å². The quantitative estimate of drug-likeness (QED) is 0.145. The highest BCUT2D eigenvalue weighted by atomic mass is 79.9. The Morgan fingerprint density at radius 2 is 1.37 bits per heavy atom. The molecule has 0 radical (unpaired) electrons. The van der Waals surface area contributed by atoms with Crippen LogP contribution in [0.25, 0.3) is 12.2 Å². The largest absolute Gasteiger partial charge is 1.00 e. The van der Waals surface area contributed by atoms with Gasteiger partial charge in [-0.2, -0.15) is 0 Å². The van der Waals surface area contributed by atoms with Gasteiger partial charge in [0.25, 0.3) is 0 Å². The molecular formula is C33H48Br2N2O. The third-order valence-corrected chi connectivity index (χ3v) is 8.76. The molecule has 0 atom stereocenters. The van der Waals surface area contributed by atoms with Gasteiger partial charge in [-0.1, -0.05) is 85.9 Å². The third-order valence-electron chi connectivity index (χ3n) is 8.20. The molecule has 0 saturated carbocycles. The first-order valence-corrected chi connectivity index (χ1v) is 16.2. The second-order valence-electron chi connectivity index (χ2n) is 11.1. The standard InChI is InChI=1S/C33H47BrN2O.BrH/c34-21-11-9-7-5-3-1-2-4-6-8-10-12-22-35-25-19-28(20-26-35)17-18-30-27-29-15-13-23-36-24-14-16-31(32(29)36)33(30)37;/h17-20,25-27H,1-16,21-24H2;1H. The number of hydrogen-bond acceptors (Lipinski definition) is 2. The Hall–Kier alpha value is -1.33. The molecule has 5 heteroatoms. The van der Waals surface area contributed by atoms with Gasteiger partial charge in [0.15, 0.2) is 12.4 Å². The zero-order valence-electron chi connectivity index (χ0n) is 23.3. The first-order valence-electron chi connectivity index (χ1n) is 15.1. The molecule has 1 aromatic carbocycles. The number of anilines is 1. The van der Waals surface area contributed by atoms with E-state index >= 15 is 0 Å². The molecule has 0 unspecified atom stereocenters. The number of aryl methyl sites for hydroxylation is 2. The van der Waals surface area contributed by atoms with Crippen LogP contribution >= 0.6 is 15.9 Å². The smallest absolute Gasteiger partial charge is 0.169 e. The van der Waals surface area contributed by atoms with Crippen LogP contribution in [-0.4, -0.2) is 23.5 Å². The molecule has 4 rings (SSSR count). The fourth-order valence-corrected chi connectivity index (χ4v) is 6.46. The summed E-state index contributed by atoms with van der Waals surface area (Å²) in [6.45, 7) is 3.37. The average molecular weight is 649 g/mol. The first-order chi connectivity index (χ1) is 18.3. The highest BCUT2D eigenvalue weighted by molar-refractivity contribution is 9.09. The number of hydrogen-bond donors (Lipinski definition) is 1. The third kappa shape index (κ3) is 9.40. The summed E-state index contributed by atoms with van der Waals surface area (Å²) in [4.78, 5) is 2.48. The summed E-state index contributed by atoms with van der Waals surface area (Å²) in [6, 6.07) is 6.60. The molecule has 1 aromatic heterocycles. The number of phenolic OH excluding ortho intramolecular Hbond substituents is 1. The second kappa shape index (κ2) is 17.4. The molecule has 0 saturated heterocycles. The Balaban J connectivity index is 0.00000400. The molecule has 0 spiro atoms. The van der Waals surface area contributed by atoms with E-state index in [-0.39, 0.29) is 17.0 Å². The molecule has 0 bridgehead atoms. The number of nitrogens with zero attached hydrogens (tertiary/aromatic N) is 2. The molecule has 2 aromatic rings. The molecule has 1 N–H and O–H groups in total. The lowest BCUT2D eigenvalue weighted by molar-refractivity contribution is -0.697. The minimum absolute atomic E-state index is 0. The van der Waals surface area contributed by atoms with Crippen LogP contribution in [0.1, 0.15) is 112 Å². The zero-order valence-corrected chi connectivity index (χ0v) is 26.5. The van der Waals surface area contributed by atoms with Crippen molar-refractivity contribution in [1.82, 2.24) is 0 Å². The van der Waals surface area contributed by atoms with Crippen LogP contribution in [0.15, 0.2) is 30.6 Å². The number of aromatic hydroxyl groups is 1. The van der Waals surface area contributed by atoms with Crippen molar-refractivity contribution in [2.45, 2.75) is 109 Å².